The van der Waals surface area contributed by atoms with E-state index in [4.69, 9.17) is 9.47 Å². The van der Waals surface area contributed by atoms with Gasteiger partial charge in [-0.1, -0.05) is 50.2 Å². The van der Waals surface area contributed by atoms with Crippen LogP contribution in [0.15, 0.2) is 97.6 Å². The Morgan fingerprint density at radius 2 is 1.09 bits per heavy atom. The molecule has 0 saturated carbocycles. The average Bonchev–Trinajstić information content (AvgIpc) is 2.86. The van der Waals surface area contributed by atoms with Gasteiger partial charge >= 0.3 is 0 Å². The Kier molecular flexibility index (Phi) is 6.81. The number of hydrogen-bond acceptors (Lipinski definition) is 4. The summed E-state index contributed by atoms with van der Waals surface area (Å²) in [7, 11) is 0. The topological polar surface area (TPSA) is 44.2 Å². The lowest BCUT2D eigenvalue weighted by atomic mass is 10.1. The van der Waals surface area contributed by atoms with E-state index in [1.165, 1.54) is 0 Å². The molecule has 2 aromatic carbocycles. The van der Waals surface area contributed by atoms with Crippen molar-refractivity contribution in [3.63, 3.8) is 0 Å². The van der Waals surface area contributed by atoms with Crippen molar-refractivity contribution >= 4 is 0 Å². The molecule has 0 bridgehead atoms. The highest BCUT2D eigenvalue weighted by molar-refractivity contribution is 5.63. The van der Waals surface area contributed by atoms with Crippen molar-refractivity contribution in [3.05, 3.63) is 97.6 Å². The van der Waals surface area contributed by atoms with Gasteiger partial charge in [0.05, 0.1) is 0 Å². The Bertz CT molecular complexity index is 1010. The molecule has 4 aromatic rings. The minimum absolute atomic E-state index is 0.722. The minimum atomic E-state index is -0.722. The van der Waals surface area contributed by atoms with Crippen molar-refractivity contribution in [2.75, 3.05) is 0 Å². The minimum Gasteiger partial charge on any atom is -0.452 e. The first-order chi connectivity index (χ1) is 15.7. The number of hydrogen-bond donors (Lipinski definition) is 0. The van der Waals surface area contributed by atoms with Crippen molar-refractivity contribution in [2.45, 2.75) is 38.9 Å². The van der Waals surface area contributed by atoms with Crippen LogP contribution in [0.25, 0.3) is 22.3 Å². The largest absolute Gasteiger partial charge is 0.452 e. The third-order valence-corrected chi connectivity index (χ3v) is 5.48. The Morgan fingerprint density at radius 3 is 1.44 bits per heavy atom. The van der Waals surface area contributed by atoms with Crippen LogP contribution in [-0.2, 0) is 0 Å². The summed E-state index contributed by atoms with van der Waals surface area (Å²) >= 11 is 0. The van der Waals surface area contributed by atoms with E-state index in [0.717, 1.165) is 53.0 Å². The van der Waals surface area contributed by atoms with E-state index in [0.29, 0.717) is 0 Å². The molecule has 0 aliphatic rings. The van der Waals surface area contributed by atoms with Crippen LogP contribution in [0.3, 0.4) is 0 Å². The Hall–Kier alpha value is -3.66. The highest BCUT2D eigenvalue weighted by Gasteiger charge is 2.32. The van der Waals surface area contributed by atoms with Crippen LogP contribution in [0.2, 0.25) is 0 Å². The number of pyridine rings is 2. The maximum atomic E-state index is 6.45. The SMILES string of the molecule is CCCC(CC)(Oc1ccc(-c2cccnc2)cc1)Oc1ccc(-c2cccnc2)cc1. The van der Waals surface area contributed by atoms with Gasteiger partial charge in [-0.3, -0.25) is 9.97 Å². The molecule has 0 N–H and O–H groups in total. The molecule has 0 aliphatic heterocycles. The molecular weight excluding hydrogens is 396 g/mol. The van der Waals surface area contributed by atoms with Crippen LogP contribution in [0.5, 0.6) is 11.5 Å². The van der Waals surface area contributed by atoms with Crippen molar-refractivity contribution in [3.8, 4) is 33.8 Å². The van der Waals surface area contributed by atoms with Crippen LogP contribution >= 0.6 is 0 Å². The van der Waals surface area contributed by atoms with Crippen LogP contribution in [0.4, 0.5) is 0 Å². The maximum absolute atomic E-state index is 6.45. The molecule has 32 heavy (non-hydrogen) atoms. The molecule has 0 unspecified atom stereocenters. The van der Waals surface area contributed by atoms with Gasteiger partial charge in [-0.2, -0.15) is 0 Å². The standard InChI is InChI=1S/C28H28N2O2/c1-3-17-28(4-2,31-26-13-9-22(10-14-26)24-7-5-18-29-20-24)32-27-15-11-23(12-16-27)25-8-6-19-30-21-25/h5-16,18-21H,3-4,17H2,1-2H3. The highest BCUT2D eigenvalue weighted by Crippen LogP contribution is 2.32. The molecule has 0 fully saturated rings. The zero-order chi connectivity index (χ0) is 22.2. The van der Waals surface area contributed by atoms with E-state index >= 15 is 0 Å². The zero-order valence-electron chi connectivity index (χ0n) is 18.6. The van der Waals surface area contributed by atoms with E-state index in [9.17, 15) is 0 Å². The van der Waals surface area contributed by atoms with E-state index < -0.39 is 5.79 Å². The smallest absolute Gasteiger partial charge is 0.250 e. The summed E-state index contributed by atoms with van der Waals surface area (Å²) in [6.45, 7) is 4.25. The van der Waals surface area contributed by atoms with E-state index in [1.54, 1.807) is 12.4 Å². The number of aromatic nitrogens is 2. The lowest BCUT2D eigenvalue weighted by Crippen LogP contribution is -2.41. The van der Waals surface area contributed by atoms with Gasteiger partial charge < -0.3 is 9.47 Å². The summed E-state index contributed by atoms with van der Waals surface area (Å²) in [4.78, 5) is 8.40. The normalized spacial score (nSPS) is 11.2. The second-order valence-electron chi connectivity index (χ2n) is 7.75. The molecule has 0 atom stereocenters. The molecule has 0 saturated heterocycles. The predicted molar refractivity (Wildman–Crippen MR) is 129 cm³/mol. The molecule has 4 heteroatoms. The molecule has 0 radical (unpaired) electrons. The quantitative estimate of drug-likeness (QED) is 0.267. The summed E-state index contributed by atoms with van der Waals surface area (Å²) in [6, 6.07) is 24.2. The first-order valence-corrected chi connectivity index (χ1v) is 11.1. The van der Waals surface area contributed by atoms with E-state index in [-0.39, 0.29) is 0 Å². The highest BCUT2D eigenvalue weighted by atomic mass is 16.7. The van der Waals surface area contributed by atoms with Crippen LogP contribution in [0.1, 0.15) is 33.1 Å². The van der Waals surface area contributed by atoms with Crippen molar-refractivity contribution in [1.82, 2.24) is 9.97 Å². The molecule has 0 aliphatic carbocycles. The third-order valence-electron chi connectivity index (χ3n) is 5.48. The lowest BCUT2D eigenvalue weighted by molar-refractivity contribution is -0.122. The second-order valence-corrected chi connectivity index (χ2v) is 7.75. The van der Waals surface area contributed by atoms with Crippen LogP contribution in [0, 0.1) is 0 Å². The first kappa shape index (κ1) is 21.6. The predicted octanol–water partition coefficient (Wildman–Crippen LogP) is 7.17. The van der Waals surface area contributed by atoms with Gasteiger partial charge in [-0.25, -0.2) is 0 Å². The Morgan fingerprint density at radius 1 is 0.625 bits per heavy atom. The van der Waals surface area contributed by atoms with Crippen molar-refractivity contribution in [2.24, 2.45) is 0 Å². The second kappa shape index (κ2) is 10.1. The number of rotatable bonds is 9. The lowest BCUT2D eigenvalue weighted by Gasteiger charge is -2.34. The zero-order valence-corrected chi connectivity index (χ0v) is 18.6. The summed E-state index contributed by atoms with van der Waals surface area (Å²) < 4.78 is 12.9. The summed E-state index contributed by atoms with van der Waals surface area (Å²) in [5.41, 5.74) is 4.38. The van der Waals surface area contributed by atoms with Gasteiger partial charge in [0.2, 0.25) is 0 Å². The van der Waals surface area contributed by atoms with Gasteiger partial charge in [-0.15, -0.1) is 0 Å². The molecule has 4 nitrogen and oxygen atoms in total. The molecule has 2 aromatic heterocycles. The number of benzene rings is 2. The fraction of sp³-hybridized carbons (Fsp3) is 0.214. The van der Waals surface area contributed by atoms with Crippen LogP contribution < -0.4 is 9.47 Å². The number of nitrogens with zero attached hydrogens (tertiary/aromatic N) is 2. The van der Waals surface area contributed by atoms with Gasteiger partial charge in [0.25, 0.3) is 5.79 Å². The molecular formula is C28H28N2O2. The Labute approximate surface area is 189 Å². The van der Waals surface area contributed by atoms with Crippen molar-refractivity contribution in [1.29, 1.82) is 0 Å². The maximum Gasteiger partial charge on any atom is 0.250 e. The summed E-state index contributed by atoms with van der Waals surface area (Å²) in [5.74, 6) is 0.861. The van der Waals surface area contributed by atoms with Crippen LogP contribution in [-0.4, -0.2) is 15.8 Å². The van der Waals surface area contributed by atoms with Gasteiger partial charge in [-0.05, 0) is 65.1 Å². The molecule has 4 rings (SSSR count). The fourth-order valence-corrected chi connectivity index (χ4v) is 3.75. The summed E-state index contributed by atoms with van der Waals surface area (Å²) in [5, 5.41) is 0. The van der Waals surface area contributed by atoms with E-state index in [1.807, 2.05) is 48.8 Å². The monoisotopic (exact) mass is 424 g/mol. The molecule has 0 amide bonds. The van der Waals surface area contributed by atoms with E-state index in [2.05, 4.69) is 60.2 Å². The first-order valence-electron chi connectivity index (χ1n) is 11.1. The molecule has 2 heterocycles. The summed E-state index contributed by atoms with van der Waals surface area (Å²) in [6.07, 6.45) is 9.76. The third kappa shape index (κ3) is 5.14. The van der Waals surface area contributed by atoms with Gasteiger partial charge in [0, 0.05) is 37.6 Å². The Balaban J connectivity index is 1.52. The van der Waals surface area contributed by atoms with Gasteiger partial charge in [0.15, 0.2) is 0 Å². The van der Waals surface area contributed by atoms with Crippen molar-refractivity contribution < 1.29 is 9.47 Å². The fourth-order valence-electron chi connectivity index (χ4n) is 3.75. The molecule has 162 valence electrons. The average molecular weight is 425 g/mol. The van der Waals surface area contributed by atoms with Gasteiger partial charge in [0.1, 0.15) is 11.5 Å². The number of ether oxygens (including phenoxy) is 2. The molecule has 0 spiro atoms.